The van der Waals surface area contributed by atoms with E-state index in [2.05, 4.69) is 11.8 Å². The third-order valence-corrected chi connectivity index (χ3v) is 6.99. The Kier molecular flexibility index (Phi) is 5.20. The number of nitrogens with zero attached hydrogens (tertiary/aromatic N) is 3. The van der Waals surface area contributed by atoms with Gasteiger partial charge in [-0.3, -0.25) is 10.1 Å². The van der Waals surface area contributed by atoms with Gasteiger partial charge in [0.25, 0.3) is 15.7 Å². The normalized spacial score (nSPS) is 18.0. The van der Waals surface area contributed by atoms with E-state index in [1.807, 2.05) is 0 Å². The van der Waals surface area contributed by atoms with Gasteiger partial charge in [-0.25, -0.2) is 8.42 Å². The monoisotopic (exact) mass is 353 g/mol. The number of hydrogen-bond donors (Lipinski definition) is 0. The zero-order chi connectivity index (χ0) is 15.6. The SMILES string of the molecule is CCCN1CCN(S(=O)(=O)c2cc([N+](=O)[O-])c(Cl)s2)CC1. The fourth-order valence-corrected chi connectivity index (χ4v) is 5.47. The average Bonchev–Trinajstić information content (AvgIpc) is 2.83. The molecule has 1 saturated heterocycles. The van der Waals surface area contributed by atoms with Crippen LogP contribution in [0, 0.1) is 10.1 Å². The van der Waals surface area contributed by atoms with E-state index in [0.29, 0.717) is 26.2 Å². The number of rotatable bonds is 5. The van der Waals surface area contributed by atoms with E-state index < -0.39 is 14.9 Å². The maximum Gasteiger partial charge on any atom is 0.300 e. The summed E-state index contributed by atoms with van der Waals surface area (Å²) in [6.45, 7) is 5.17. The van der Waals surface area contributed by atoms with Gasteiger partial charge in [0.2, 0.25) is 0 Å². The topological polar surface area (TPSA) is 83.8 Å². The van der Waals surface area contributed by atoms with Gasteiger partial charge < -0.3 is 4.90 Å². The van der Waals surface area contributed by atoms with E-state index in [1.165, 1.54) is 4.31 Å². The molecule has 0 aromatic carbocycles. The van der Waals surface area contributed by atoms with Gasteiger partial charge in [0.05, 0.1) is 4.92 Å². The van der Waals surface area contributed by atoms with Crippen molar-refractivity contribution in [2.75, 3.05) is 32.7 Å². The van der Waals surface area contributed by atoms with Crippen molar-refractivity contribution >= 4 is 38.6 Å². The van der Waals surface area contributed by atoms with Crippen LogP contribution in [-0.2, 0) is 10.0 Å². The lowest BCUT2D eigenvalue weighted by Gasteiger charge is -2.33. The zero-order valence-electron chi connectivity index (χ0n) is 11.5. The highest BCUT2D eigenvalue weighted by Gasteiger charge is 2.32. The third kappa shape index (κ3) is 3.54. The van der Waals surface area contributed by atoms with Crippen LogP contribution in [0.1, 0.15) is 13.3 Å². The van der Waals surface area contributed by atoms with Gasteiger partial charge in [0, 0.05) is 32.2 Å². The van der Waals surface area contributed by atoms with Crippen molar-refractivity contribution in [3.05, 3.63) is 20.5 Å². The third-order valence-electron chi connectivity index (χ3n) is 3.31. The number of hydrogen-bond acceptors (Lipinski definition) is 6. The lowest BCUT2D eigenvalue weighted by molar-refractivity contribution is -0.384. The zero-order valence-corrected chi connectivity index (χ0v) is 13.9. The van der Waals surface area contributed by atoms with Crippen molar-refractivity contribution in [2.24, 2.45) is 0 Å². The first kappa shape index (κ1) is 16.6. The number of sulfonamides is 1. The smallest absolute Gasteiger partial charge is 0.300 e. The molecule has 2 heterocycles. The van der Waals surface area contributed by atoms with E-state index in [9.17, 15) is 18.5 Å². The van der Waals surface area contributed by atoms with Crippen LogP contribution in [0.15, 0.2) is 10.3 Å². The summed E-state index contributed by atoms with van der Waals surface area (Å²) < 4.78 is 26.1. The molecule has 1 aliphatic heterocycles. The predicted molar refractivity (Wildman–Crippen MR) is 81.5 cm³/mol. The van der Waals surface area contributed by atoms with E-state index in [1.54, 1.807) is 0 Å². The van der Waals surface area contributed by atoms with Gasteiger partial charge in [-0.05, 0) is 13.0 Å². The molecule has 0 bridgehead atoms. The summed E-state index contributed by atoms with van der Waals surface area (Å²) in [6, 6.07) is 1.04. The summed E-state index contributed by atoms with van der Waals surface area (Å²) in [5, 5.41) is 10.8. The van der Waals surface area contributed by atoms with Crippen molar-refractivity contribution in [3.63, 3.8) is 0 Å². The van der Waals surface area contributed by atoms with Gasteiger partial charge in [-0.2, -0.15) is 4.31 Å². The van der Waals surface area contributed by atoms with Gasteiger partial charge in [0.1, 0.15) is 4.21 Å². The second-order valence-corrected chi connectivity index (χ2v) is 8.55. The quantitative estimate of drug-likeness (QED) is 0.597. The Morgan fingerprint density at radius 1 is 1.38 bits per heavy atom. The molecule has 0 amide bonds. The molecule has 0 unspecified atom stereocenters. The van der Waals surface area contributed by atoms with E-state index >= 15 is 0 Å². The number of nitro groups is 1. The first-order valence-electron chi connectivity index (χ1n) is 6.52. The molecule has 0 radical (unpaired) electrons. The number of halogens is 1. The largest absolute Gasteiger partial charge is 0.301 e. The first-order chi connectivity index (χ1) is 9.86. The molecule has 7 nitrogen and oxygen atoms in total. The molecule has 1 aliphatic rings. The number of thiophene rings is 1. The summed E-state index contributed by atoms with van der Waals surface area (Å²) in [5.74, 6) is 0. The molecular weight excluding hydrogens is 338 g/mol. The maximum absolute atomic E-state index is 12.5. The summed E-state index contributed by atoms with van der Waals surface area (Å²) in [7, 11) is -3.70. The molecule has 1 aromatic heterocycles. The molecule has 0 N–H and O–H groups in total. The van der Waals surface area contributed by atoms with Gasteiger partial charge in [-0.15, -0.1) is 11.3 Å². The molecule has 2 rings (SSSR count). The predicted octanol–water partition coefficient (Wildman–Crippen LogP) is 2.03. The van der Waals surface area contributed by atoms with Crippen LogP contribution in [0.5, 0.6) is 0 Å². The summed E-state index contributed by atoms with van der Waals surface area (Å²) in [6.07, 6.45) is 1.03. The van der Waals surface area contributed by atoms with Crippen LogP contribution in [0.3, 0.4) is 0 Å². The second kappa shape index (κ2) is 6.57. The van der Waals surface area contributed by atoms with Crippen LogP contribution in [-0.4, -0.2) is 55.3 Å². The molecular formula is C11H16ClN3O4S2. The Morgan fingerprint density at radius 3 is 2.48 bits per heavy atom. The maximum atomic E-state index is 12.5. The summed E-state index contributed by atoms with van der Waals surface area (Å²) in [4.78, 5) is 12.3. The summed E-state index contributed by atoms with van der Waals surface area (Å²) in [5.41, 5.74) is -0.357. The Hall–Kier alpha value is -0.740. The molecule has 0 saturated carbocycles. The van der Waals surface area contributed by atoms with Crippen molar-refractivity contribution in [2.45, 2.75) is 17.6 Å². The van der Waals surface area contributed by atoms with E-state index in [0.717, 1.165) is 30.4 Å². The molecule has 1 fully saturated rings. The minimum Gasteiger partial charge on any atom is -0.301 e. The van der Waals surface area contributed by atoms with E-state index in [-0.39, 0.29) is 14.2 Å². The molecule has 0 spiro atoms. The molecule has 1 aromatic rings. The lowest BCUT2D eigenvalue weighted by Crippen LogP contribution is -2.48. The summed E-state index contributed by atoms with van der Waals surface area (Å²) >= 11 is 6.47. The van der Waals surface area contributed by atoms with E-state index in [4.69, 9.17) is 11.6 Å². The minimum absolute atomic E-state index is 0.0665. The molecule has 10 heteroatoms. The first-order valence-corrected chi connectivity index (χ1v) is 9.16. The van der Waals surface area contributed by atoms with Crippen LogP contribution >= 0.6 is 22.9 Å². The highest BCUT2D eigenvalue weighted by Crippen LogP contribution is 2.37. The fraction of sp³-hybridized carbons (Fsp3) is 0.636. The highest BCUT2D eigenvalue weighted by atomic mass is 35.5. The van der Waals surface area contributed by atoms with Crippen molar-refractivity contribution in [3.8, 4) is 0 Å². The number of piperazine rings is 1. The van der Waals surface area contributed by atoms with Crippen LogP contribution in [0.2, 0.25) is 4.34 Å². The molecule has 118 valence electrons. The Labute approximate surface area is 132 Å². The lowest BCUT2D eigenvalue weighted by atomic mass is 10.3. The Balaban J connectivity index is 2.16. The molecule has 21 heavy (non-hydrogen) atoms. The van der Waals surface area contributed by atoms with Crippen molar-refractivity contribution < 1.29 is 13.3 Å². The van der Waals surface area contributed by atoms with Crippen molar-refractivity contribution in [1.82, 2.24) is 9.21 Å². The standard InChI is InChI=1S/C11H16ClN3O4S2/c1-2-3-13-4-6-14(7-5-13)21(18,19)10-8-9(15(16)17)11(12)20-10/h8H,2-7H2,1H3. The Bertz CT molecular complexity index is 623. The molecule has 0 atom stereocenters. The second-order valence-electron chi connectivity index (χ2n) is 4.73. The van der Waals surface area contributed by atoms with Crippen molar-refractivity contribution in [1.29, 1.82) is 0 Å². The van der Waals surface area contributed by atoms with Gasteiger partial charge in [-0.1, -0.05) is 18.5 Å². The van der Waals surface area contributed by atoms with Crippen LogP contribution in [0.25, 0.3) is 0 Å². The van der Waals surface area contributed by atoms with Crippen LogP contribution in [0.4, 0.5) is 5.69 Å². The van der Waals surface area contributed by atoms with Gasteiger partial charge in [0.15, 0.2) is 4.34 Å². The molecule has 0 aliphatic carbocycles. The van der Waals surface area contributed by atoms with Crippen LogP contribution < -0.4 is 0 Å². The average molecular weight is 354 g/mol. The fourth-order valence-electron chi connectivity index (χ4n) is 2.23. The highest BCUT2D eigenvalue weighted by molar-refractivity contribution is 7.91. The van der Waals surface area contributed by atoms with Gasteiger partial charge >= 0.3 is 0 Å². The minimum atomic E-state index is -3.70. The Morgan fingerprint density at radius 2 is 2.00 bits per heavy atom.